The van der Waals surface area contributed by atoms with E-state index in [0.29, 0.717) is 11.1 Å². The Kier molecular flexibility index (Phi) is 3.89. The SMILES string of the molecule is CC(Nc1ccc(C(N)=O)cc1)c1cc(F)ccc1O. The van der Waals surface area contributed by atoms with Crippen LogP contribution in [0.4, 0.5) is 10.1 Å². The van der Waals surface area contributed by atoms with E-state index in [4.69, 9.17) is 5.73 Å². The van der Waals surface area contributed by atoms with Crippen molar-refractivity contribution in [2.45, 2.75) is 13.0 Å². The predicted octanol–water partition coefficient (Wildman–Crippen LogP) is 2.80. The van der Waals surface area contributed by atoms with E-state index < -0.39 is 11.7 Å². The van der Waals surface area contributed by atoms with Crippen molar-refractivity contribution in [3.05, 3.63) is 59.4 Å². The number of phenolic OH excluding ortho intramolecular Hbond substituents is 1. The molecule has 0 saturated carbocycles. The first-order valence-electron chi connectivity index (χ1n) is 6.12. The number of anilines is 1. The van der Waals surface area contributed by atoms with Crippen LogP contribution in [0.5, 0.6) is 5.75 Å². The van der Waals surface area contributed by atoms with Crippen LogP contribution in [0.3, 0.4) is 0 Å². The zero-order valence-corrected chi connectivity index (χ0v) is 10.9. The van der Waals surface area contributed by atoms with Crippen molar-refractivity contribution >= 4 is 11.6 Å². The van der Waals surface area contributed by atoms with Gasteiger partial charge in [-0.2, -0.15) is 0 Å². The number of rotatable bonds is 4. The van der Waals surface area contributed by atoms with Gasteiger partial charge in [-0.15, -0.1) is 0 Å². The fraction of sp³-hybridized carbons (Fsp3) is 0.133. The van der Waals surface area contributed by atoms with Crippen LogP contribution < -0.4 is 11.1 Å². The van der Waals surface area contributed by atoms with Gasteiger partial charge in [0.25, 0.3) is 0 Å². The molecule has 1 unspecified atom stereocenters. The Balaban J connectivity index is 2.16. The lowest BCUT2D eigenvalue weighted by molar-refractivity contribution is 0.100. The van der Waals surface area contributed by atoms with Crippen molar-refractivity contribution in [3.63, 3.8) is 0 Å². The molecule has 0 heterocycles. The van der Waals surface area contributed by atoms with Crippen molar-refractivity contribution in [2.24, 2.45) is 5.73 Å². The summed E-state index contributed by atoms with van der Waals surface area (Å²) in [4.78, 5) is 11.0. The lowest BCUT2D eigenvalue weighted by Gasteiger charge is -2.17. The van der Waals surface area contributed by atoms with E-state index in [-0.39, 0.29) is 11.8 Å². The molecule has 0 aliphatic carbocycles. The number of carbonyl (C=O) groups excluding carboxylic acids is 1. The standard InChI is InChI=1S/C15H15FN2O2/c1-9(13-8-11(16)4-7-14(13)19)18-12-5-2-10(3-6-12)15(17)20/h2-9,18-19H,1H3,(H2,17,20). The second-order valence-corrected chi connectivity index (χ2v) is 4.51. The molecule has 20 heavy (non-hydrogen) atoms. The molecule has 0 bridgehead atoms. The fourth-order valence-corrected chi connectivity index (χ4v) is 1.93. The zero-order valence-electron chi connectivity index (χ0n) is 10.9. The number of hydrogen-bond donors (Lipinski definition) is 3. The van der Waals surface area contributed by atoms with Gasteiger partial charge >= 0.3 is 0 Å². The molecule has 0 aromatic heterocycles. The highest BCUT2D eigenvalue weighted by atomic mass is 19.1. The van der Waals surface area contributed by atoms with Crippen molar-refractivity contribution < 1.29 is 14.3 Å². The third kappa shape index (κ3) is 3.06. The molecule has 0 radical (unpaired) electrons. The lowest BCUT2D eigenvalue weighted by Crippen LogP contribution is -2.11. The number of hydrogen-bond acceptors (Lipinski definition) is 3. The van der Waals surface area contributed by atoms with E-state index in [1.165, 1.54) is 18.2 Å². The second-order valence-electron chi connectivity index (χ2n) is 4.51. The average molecular weight is 274 g/mol. The Hall–Kier alpha value is -2.56. The summed E-state index contributed by atoms with van der Waals surface area (Å²) in [5.41, 5.74) is 6.78. The highest BCUT2D eigenvalue weighted by molar-refractivity contribution is 5.93. The molecule has 1 amide bonds. The van der Waals surface area contributed by atoms with E-state index in [2.05, 4.69) is 5.32 Å². The Morgan fingerprint density at radius 3 is 2.50 bits per heavy atom. The van der Waals surface area contributed by atoms with Gasteiger partial charge in [0.15, 0.2) is 0 Å². The van der Waals surface area contributed by atoms with Crippen LogP contribution in [0.25, 0.3) is 0 Å². The molecule has 4 N–H and O–H groups in total. The Morgan fingerprint density at radius 1 is 1.25 bits per heavy atom. The Labute approximate surface area is 116 Å². The van der Waals surface area contributed by atoms with Crippen molar-refractivity contribution in [1.82, 2.24) is 0 Å². The third-order valence-corrected chi connectivity index (χ3v) is 3.01. The number of phenols is 1. The first kappa shape index (κ1) is 13.9. The minimum absolute atomic E-state index is 0.0279. The fourth-order valence-electron chi connectivity index (χ4n) is 1.93. The maximum Gasteiger partial charge on any atom is 0.248 e. The molecule has 4 nitrogen and oxygen atoms in total. The number of nitrogens with two attached hydrogens (primary N) is 1. The van der Waals surface area contributed by atoms with Crippen LogP contribution >= 0.6 is 0 Å². The number of benzene rings is 2. The highest BCUT2D eigenvalue weighted by Gasteiger charge is 2.11. The second kappa shape index (κ2) is 5.61. The first-order chi connectivity index (χ1) is 9.47. The summed E-state index contributed by atoms with van der Waals surface area (Å²) in [6.45, 7) is 1.80. The number of aromatic hydroxyl groups is 1. The van der Waals surface area contributed by atoms with Gasteiger partial charge in [-0.3, -0.25) is 4.79 Å². The summed E-state index contributed by atoms with van der Waals surface area (Å²) in [5, 5.41) is 12.8. The third-order valence-electron chi connectivity index (χ3n) is 3.01. The lowest BCUT2D eigenvalue weighted by atomic mass is 10.1. The molecule has 5 heteroatoms. The van der Waals surface area contributed by atoms with Gasteiger partial charge in [0.1, 0.15) is 11.6 Å². The highest BCUT2D eigenvalue weighted by Crippen LogP contribution is 2.27. The van der Waals surface area contributed by atoms with Crippen LogP contribution in [0.2, 0.25) is 0 Å². The van der Waals surface area contributed by atoms with Crippen molar-refractivity contribution in [1.29, 1.82) is 0 Å². The zero-order chi connectivity index (χ0) is 14.7. The molecule has 0 aliphatic rings. The minimum atomic E-state index is -0.493. The molecule has 2 aromatic rings. The van der Waals surface area contributed by atoms with Crippen LogP contribution in [0.1, 0.15) is 28.9 Å². The van der Waals surface area contributed by atoms with Crippen LogP contribution in [-0.4, -0.2) is 11.0 Å². The average Bonchev–Trinajstić information content (AvgIpc) is 2.42. The van der Waals surface area contributed by atoms with Crippen LogP contribution in [-0.2, 0) is 0 Å². The molecule has 2 aromatic carbocycles. The number of nitrogens with one attached hydrogen (secondary N) is 1. The number of primary amides is 1. The van der Waals surface area contributed by atoms with Gasteiger partial charge in [-0.05, 0) is 49.4 Å². The molecule has 1 atom stereocenters. The van der Waals surface area contributed by atoms with E-state index >= 15 is 0 Å². The van der Waals surface area contributed by atoms with Crippen molar-refractivity contribution in [3.8, 4) is 5.75 Å². The normalized spacial score (nSPS) is 11.9. The van der Waals surface area contributed by atoms with Gasteiger partial charge in [-0.1, -0.05) is 0 Å². The number of carbonyl (C=O) groups is 1. The summed E-state index contributed by atoms with van der Waals surface area (Å²) >= 11 is 0. The molecule has 2 rings (SSSR count). The van der Waals surface area contributed by atoms with Gasteiger partial charge in [0.05, 0.1) is 6.04 Å². The quantitative estimate of drug-likeness (QED) is 0.802. The summed E-state index contributed by atoms with van der Waals surface area (Å²) < 4.78 is 13.2. The Morgan fingerprint density at radius 2 is 1.90 bits per heavy atom. The summed E-state index contributed by atoms with van der Waals surface area (Å²) in [5.74, 6) is -0.872. The molecule has 0 aliphatic heterocycles. The van der Waals surface area contributed by atoms with Crippen molar-refractivity contribution in [2.75, 3.05) is 5.32 Å². The van der Waals surface area contributed by atoms with Crippen LogP contribution in [0, 0.1) is 5.82 Å². The van der Waals surface area contributed by atoms with E-state index in [1.54, 1.807) is 31.2 Å². The topological polar surface area (TPSA) is 75.3 Å². The molecule has 0 spiro atoms. The maximum atomic E-state index is 13.2. The molecule has 0 fully saturated rings. The largest absolute Gasteiger partial charge is 0.508 e. The van der Waals surface area contributed by atoms with E-state index in [0.717, 1.165) is 5.69 Å². The summed E-state index contributed by atoms with van der Waals surface area (Å²) in [7, 11) is 0. The number of amides is 1. The van der Waals surface area contributed by atoms with Gasteiger partial charge < -0.3 is 16.2 Å². The minimum Gasteiger partial charge on any atom is -0.508 e. The molecule has 104 valence electrons. The summed E-state index contributed by atoms with van der Waals surface area (Å²) in [6.07, 6.45) is 0. The Bertz CT molecular complexity index is 626. The van der Waals surface area contributed by atoms with Gasteiger partial charge in [0, 0.05) is 16.8 Å². The number of halogens is 1. The van der Waals surface area contributed by atoms with E-state index in [1.807, 2.05) is 0 Å². The monoisotopic (exact) mass is 274 g/mol. The van der Waals surface area contributed by atoms with Gasteiger partial charge in [0.2, 0.25) is 5.91 Å². The predicted molar refractivity (Wildman–Crippen MR) is 75.1 cm³/mol. The first-order valence-corrected chi connectivity index (χ1v) is 6.12. The smallest absolute Gasteiger partial charge is 0.248 e. The molecule has 0 saturated heterocycles. The maximum absolute atomic E-state index is 13.2. The molecular formula is C15H15FN2O2. The van der Waals surface area contributed by atoms with Crippen LogP contribution in [0.15, 0.2) is 42.5 Å². The molecular weight excluding hydrogens is 259 g/mol. The van der Waals surface area contributed by atoms with E-state index in [9.17, 15) is 14.3 Å². The van der Waals surface area contributed by atoms with Gasteiger partial charge in [-0.25, -0.2) is 4.39 Å². The summed E-state index contributed by atoms with van der Waals surface area (Å²) in [6, 6.07) is 10.1.